The second kappa shape index (κ2) is 16.5. The quantitative estimate of drug-likeness (QED) is 0.145. The summed E-state index contributed by atoms with van der Waals surface area (Å²) in [6, 6.07) is 29.4. The smallest absolute Gasteiger partial charge is 0.264 e. The number of carbonyl (C=O) groups is 2. The minimum absolute atomic E-state index is 0.0400. The summed E-state index contributed by atoms with van der Waals surface area (Å²) < 4.78 is 35.8. The molecule has 0 heterocycles. The van der Waals surface area contributed by atoms with E-state index in [1.165, 1.54) is 16.7 Å². The first-order chi connectivity index (χ1) is 22.5. The van der Waals surface area contributed by atoms with Gasteiger partial charge in [0, 0.05) is 23.9 Å². The largest absolute Gasteiger partial charge is 0.492 e. The fraction of sp³-hybridized carbons (Fsp3) is 0.297. The van der Waals surface area contributed by atoms with Crippen molar-refractivity contribution in [2.75, 3.05) is 23.7 Å². The molecule has 0 bridgehead atoms. The van der Waals surface area contributed by atoms with Crippen molar-refractivity contribution in [3.05, 3.63) is 120 Å². The molecule has 4 rings (SSSR count). The molecule has 4 aromatic carbocycles. The summed E-state index contributed by atoms with van der Waals surface area (Å²) in [5, 5.41) is 2.99. The van der Waals surface area contributed by atoms with Crippen LogP contribution in [0.25, 0.3) is 0 Å². The maximum atomic E-state index is 14.7. The molecule has 10 heteroatoms. The number of para-hydroxylation sites is 2. The highest BCUT2D eigenvalue weighted by molar-refractivity contribution is 7.98. The number of rotatable bonds is 15. The Labute approximate surface area is 283 Å². The minimum atomic E-state index is -4.26. The molecule has 0 spiro atoms. The van der Waals surface area contributed by atoms with Crippen molar-refractivity contribution < 1.29 is 22.7 Å². The van der Waals surface area contributed by atoms with E-state index in [4.69, 9.17) is 4.74 Å². The van der Waals surface area contributed by atoms with Gasteiger partial charge in [-0.3, -0.25) is 13.9 Å². The van der Waals surface area contributed by atoms with Gasteiger partial charge in [0.25, 0.3) is 10.0 Å². The van der Waals surface area contributed by atoms with E-state index in [0.29, 0.717) is 12.4 Å². The maximum absolute atomic E-state index is 14.7. The summed E-state index contributed by atoms with van der Waals surface area (Å²) in [5.41, 5.74) is 2.92. The van der Waals surface area contributed by atoms with Crippen molar-refractivity contribution in [1.29, 1.82) is 0 Å². The molecule has 2 amide bonds. The van der Waals surface area contributed by atoms with Crippen LogP contribution < -0.4 is 14.4 Å². The molecule has 0 radical (unpaired) electrons. The zero-order valence-corrected chi connectivity index (χ0v) is 29.2. The van der Waals surface area contributed by atoms with E-state index in [0.717, 1.165) is 25.9 Å². The van der Waals surface area contributed by atoms with Gasteiger partial charge in [0.15, 0.2) is 0 Å². The zero-order valence-electron chi connectivity index (χ0n) is 27.6. The molecule has 0 saturated carbocycles. The van der Waals surface area contributed by atoms with Gasteiger partial charge in [-0.25, -0.2) is 8.42 Å². The summed E-state index contributed by atoms with van der Waals surface area (Å²) in [6.45, 7) is 7.35. The normalized spacial score (nSPS) is 12.0. The summed E-state index contributed by atoms with van der Waals surface area (Å²) in [4.78, 5) is 31.1. The molecule has 4 aromatic rings. The van der Waals surface area contributed by atoms with Crippen molar-refractivity contribution in [3.63, 3.8) is 0 Å². The van der Waals surface area contributed by atoms with Crippen molar-refractivity contribution in [2.45, 2.75) is 62.5 Å². The predicted molar refractivity (Wildman–Crippen MR) is 189 cm³/mol. The Kier molecular flexibility index (Phi) is 12.5. The first-order valence-corrected chi connectivity index (χ1v) is 18.3. The highest BCUT2D eigenvalue weighted by atomic mass is 32.2. The van der Waals surface area contributed by atoms with Gasteiger partial charge in [-0.05, 0) is 87.0 Å². The molecule has 0 aliphatic rings. The van der Waals surface area contributed by atoms with Crippen LogP contribution >= 0.6 is 11.8 Å². The number of thioether (sulfide) groups is 1. The van der Waals surface area contributed by atoms with Gasteiger partial charge in [0.1, 0.15) is 18.3 Å². The summed E-state index contributed by atoms with van der Waals surface area (Å²) in [5.74, 6) is -0.512. The summed E-state index contributed by atoms with van der Waals surface area (Å²) >= 11 is 1.50. The number of carbonyl (C=O) groups excluding carboxylic acids is 2. The molecule has 0 aliphatic carbocycles. The number of benzene rings is 4. The Hall–Kier alpha value is -4.28. The Morgan fingerprint density at radius 1 is 0.872 bits per heavy atom. The summed E-state index contributed by atoms with van der Waals surface area (Å²) in [6.07, 6.45) is 2.16. The fourth-order valence-electron chi connectivity index (χ4n) is 5.23. The monoisotopic (exact) mass is 673 g/mol. The average molecular weight is 674 g/mol. The molecule has 47 heavy (non-hydrogen) atoms. The van der Waals surface area contributed by atoms with Crippen LogP contribution in [-0.2, 0) is 32.6 Å². The second-order valence-electron chi connectivity index (χ2n) is 11.4. The van der Waals surface area contributed by atoms with Crippen molar-refractivity contribution in [1.82, 2.24) is 10.2 Å². The van der Waals surface area contributed by atoms with Gasteiger partial charge in [-0.2, -0.15) is 0 Å². The number of aryl methyl sites for hydroxylation is 1. The number of nitrogens with zero attached hydrogens (tertiary/aromatic N) is 2. The third-order valence-corrected chi connectivity index (χ3v) is 10.2. The number of hydrogen-bond acceptors (Lipinski definition) is 6. The second-order valence-corrected chi connectivity index (χ2v) is 14.1. The lowest BCUT2D eigenvalue weighted by Crippen LogP contribution is -2.54. The Bertz CT molecular complexity index is 1750. The lowest BCUT2D eigenvalue weighted by atomic mass is 10.0. The van der Waals surface area contributed by atoms with Gasteiger partial charge >= 0.3 is 0 Å². The number of nitrogens with one attached hydrogen (secondary N) is 1. The maximum Gasteiger partial charge on any atom is 0.264 e. The molecule has 0 saturated heterocycles. The third kappa shape index (κ3) is 9.17. The molecule has 0 aromatic heterocycles. The number of sulfonamides is 1. The number of ether oxygens (including phenoxy) is 1. The lowest BCUT2D eigenvalue weighted by Gasteiger charge is -2.34. The molecular weight excluding hydrogens is 631 g/mol. The van der Waals surface area contributed by atoms with Crippen LogP contribution in [0.1, 0.15) is 37.5 Å². The van der Waals surface area contributed by atoms with E-state index in [-0.39, 0.29) is 35.5 Å². The average Bonchev–Trinajstić information content (AvgIpc) is 3.06. The van der Waals surface area contributed by atoms with E-state index >= 15 is 0 Å². The molecule has 0 fully saturated rings. The Morgan fingerprint density at radius 2 is 1.51 bits per heavy atom. The molecular formula is C37H43N3O5S2. The van der Waals surface area contributed by atoms with Gasteiger partial charge in [-0.1, -0.05) is 66.7 Å². The fourth-order valence-corrected chi connectivity index (χ4v) is 7.07. The number of anilines is 1. The van der Waals surface area contributed by atoms with Crippen LogP contribution in [0.3, 0.4) is 0 Å². The van der Waals surface area contributed by atoms with Crippen LogP contribution in [0, 0.1) is 6.92 Å². The summed E-state index contributed by atoms with van der Waals surface area (Å²) in [7, 11) is -4.26. The van der Waals surface area contributed by atoms with E-state index in [2.05, 4.69) is 5.32 Å². The Balaban J connectivity index is 1.85. The van der Waals surface area contributed by atoms with E-state index in [1.54, 1.807) is 48.5 Å². The van der Waals surface area contributed by atoms with Crippen LogP contribution in [0.5, 0.6) is 5.75 Å². The van der Waals surface area contributed by atoms with Crippen molar-refractivity contribution >= 4 is 39.3 Å². The molecule has 0 aliphatic heterocycles. The van der Waals surface area contributed by atoms with Crippen LogP contribution in [-0.4, -0.2) is 56.6 Å². The molecule has 1 unspecified atom stereocenters. The van der Waals surface area contributed by atoms with Crippen molar-refractivity contribution in [2.24, 2.45) is 0 Å². The van der Waals surface area contributed by atoms with Crippen LogP contribution in [0.2, 0.25) is 0 Å². The first kappa shape index (κ1) is 35.6. The van der Waals surface area contributed by atoms with Crippen molar-refractivity contribution in [3.8, 4) is 5.75 Å². The highest BCUT2D eigenvalue weighted by Crippen LogP contribution is 2.33. The molecule has 248 valence electrons. The molecule has 1 N–H and O–H groups in total. The predicted octanol–water partition coefficient (Wildman–Crippen LogP) is 6.48. The lowest BCUT2D eigenvalue weighted by molar-refractivity contribution is -0.140. The Morgan fingerprint density at radius 3 is 2.15 bits per heavy atom. The van der Waals surface area contributed by atoms with E-state index in [9.17, 15) is 18.0 Å². The topological polar surface area (TPSA) is 96.0 Å². The molecule has 8 nitrogen and oxygen atoms in total. The standard InChI is InChI=1S/C37H43N3O5S2/c1-6-45-35-19-13-12-18-33(35)40(47(43,44)32-22-20-31(46-5)21-23-32)26-36(41)39(25-30-17-11-10-14-28(30)4)34(37(42)38-27(2)3)24-29-15-8-7-9-16-29/h7-23,27,34H,6,24-26H2,1-5H3,(H,38,42). The van der Waals surface area contributed by atoms with Gasteiger partial charge in [0.05, 0.1) is 17.2 Å². The van der Waals surface area contributed by atoms with Gasteiger partial charge < -0.3 is 15.0 Å². The third-order valence-electron chi connectivity index (χ3n) is 7.66. The van der Waals surface area contributed by atoms with E-state index in [1.807, 2.05) is 88.5 Å². The van der Waals surface area contributed by atoms with E-state index < -0.39 is 28.5 Å². The first-order valence-electron chi connectivity index (χ1n) is 15.6. The zero-order chi connectivity index (χ0) is 34.0. The SMILES string of the molecule is CCOc1ccccc1N(CC(=O)N(Cc1ccccc1C)C(Cc1ccccc1)C(=O)NC(C)C)S(=O)(=O)c1ccc(SC)cc1. The van der Waals surface area contributed by atoms with Crippen LogP contribution in [0.15, 0.2) is 113 Å². The van der Waals surface area contributed by atoms with Crippen LogP contribution in [0.4, 0.5) is 5.69 Å². The minimum Gasteiger partial charge on any atom is -0.492 e. The molecule has 1 atom stereocenters. The van der Waals surface area contributed by atoms with Gasteiger partial charge in [-0.15, -0.1) is 11.8 Å². The number of hydrogen-bond donors (Lipinski definition) is 1. The van der Waals surface area contributed by atoms with Gasteiger partial charge in [0.2, 0.25) is 11.8 Å². The number of amides is 2. The highest BCUT2D eigenvalue weighted by Gasteiger charge is 2.36.